The number of hydrogen-bond acceptors (Lipinski definition) is 4. The molecule has 2 fully saturated rings. The van der Waals surface area contributed by atoms with Gasteiger partial charge in [0.1, 0.15) is 0 Å². The van der Waals surface area contributed by atoms with Crippen LogP contribution in [0.25, 0.3) is 0 Å². The molecule has 6 nitrogen and oxygen atoms in total. The van der Waals surface area contributed by atoms with Gasteiger partial charge in [0.15, 0.2) is 0 Å². The van der Waals surface area contributed by atoms with E-state index < -0.39 is 6.04 Å². The molecule has 6 heteroatoms. The Morgan fingerprint density at radius 2 is 2.00 bits per heavy atom. The van der Waals surface area contributed by atoms with Gasteiger partial charge >= 0.3 is 0 Å². The smallest absolute Gasteiger partial charge is 0.244 e. The Kier molecular flexibility index (Phi) is 2.68. The largest absolute Gasteiger partial charge is 0.355 e. The molecule has 2 aliphatic heterocycles. The van der Waals surface area contributed by atoms with Crippen LogP contribution in [0, 0.1) is 0 Å². The molecule has 2 heterocycles. The summed E-state index contributed by atoms with van der Waals surface area (Å²) in [5.74, 6) is -0.464. The molecule has 0 aromatic rings. The molecular weight excluding hydrogens is 198 g/mol. The van der Waals surface area contributed by atoms with Crippen LogP contribution in [0.5, 0.6) is 0 Å². The normalized spacial score (nSPS) is 31.3. The zero-order valence-electron chi connectivity index (χ0n) is 8.21. The van der Waals surface area contributed by atoms with Gasteiger partial charge in [-0.05, 0) is 6.42 Å². The maximum Gasteiger partial charge on any atom is 0.244 e. The first-order valence-electron chi connectivity index (χ1n) is 5.01. The SMILES string of the molecule is O=C1CCC(NC2CC(=O)NC2=O)CN1. The standard InChI is InChI=1S/C9H13N3O3/c13-7-2-1-5(4-10-7)11-6-3-8(14)12-9(6)15/h5-6,11H,1-4H2,(H,10,13)(H,12,14,15). The molecule has 0 aromatic carbocycles. The number of imide groups is 1. The van der Waals surface area contributed by atoms with E-state index in [1.54, 1.807) is 0 Å². The van der Waals surface area contributed by atoms with Crippen molar-refractivity contribution in [3.05, 3.63) is 0 Å². The first kappa shape index (κ1) is 10.1. The second-order valence-corrected chi connectivity index (χ2v) is 3.88. The lowest BCUT2D eigenvalue weighted by molar-refractivity contribution is -0.125. The summed E-state index contributed by atoms with van der Waals surface area (Å²) in [5, 5.41) is 8.02. The summed E-state index contributed by atoms with van der Waals surface area (Å²) < 4.78 is 0. The lowest BCUT2D eigenvalue weighted by atomic mass is 10.1. The summed E-state index contributed by atoms with van der Waals surface area (Å²) in [6, 6.07) is -0.346. The third-order valence-corrected chi connectivity index (χ3v) is 2.67. The molecule has 3 amide bonds. The molecule has 0 spiro atoms. The zero-order chi connectivity index (χ0) is 10.8. The molecule has 2 unspecified atom stereocenters. The van der Waals surface area contributed by atoms with Crippen LogP contribution in [-0.2, 0) is 14.4 Å². The van der Waals surface area contributed by atoms with Crippen LogP contribution < -0.4 is 16.0 Å². The quantitative estimate of drug-likeness (QED) is 0.474. The van der Waals surface area contributed by atoms with Crippen LogP contribution in [0.1, 0.15) is 19.3 Å². The van der Waals surface area contributed by atoms with Crippen molar-refractivity contribution < 1.29 is 14.4 Å². The van der Waals surface area contributed by atoms with Gasteiger partial charge in [-0.1, -0.05) is 0 Å². The van der Waals surface area contributed by atoms with Gasteiger partial charge in [-0.3, -0.25) is 19.7 Å². The Hall–Kier alpha value is -1.43. The van der Waals surface area contributed by atoms with E-state index in [2.05, 4.69) is 16.0 Å². The summed E-state index contributed by atoms with van der Waals surface area (Å²) >= 11 is 0. The summed E-state index contributed by atoms with van der Waals surface area (Å²) in [4.78, 5) is 33.0. The number of nitrogens with one attached hydrogen (secondary N) is 3. The third-order valence-electron chi connectivity index (χ3n) is 2.67. The summed E-state index contributed by atoms with van der Waals surface area (Å²) in [6.45, 7) is 0.525. The molecule has 2 atom stereocenters. The highest BCUT2D eigenvalue weighted by Crippen LogP contribution is 2.08. The van der Waals surface area contributed by atoms with Crippen molar-refractivity contribution in [2.75, 3.05) is 6.54 Å². The molecule has 0 aromatic heterocycles. The second kappa shape index (κ2) is 3.98. The van der Waals surface area contributed by atoms with Crippen molar-refractivity contribution >= 4 is 17.7 Å². The van der Waals surface area contributed by atoms with E-state index >= 15 is 0 Å². The van der Waals surface area contributed by atoms with Crippen molar-refractivity contribution in [1.82, 2.24) is 16.0 Å². The van der Waals surface area contributed by atoms with Gasteiger partial charge in [0.25, 0.3) is 0 Å². The van der Waals surface area contributed by atoms with E-state index in [1.165, 1.54) is 0 Å². The van der Waals surface area contributed by atoms with Gasteiger partial charge in [0.2, 0.25) is 17.7 Å². The number of carbonyl (C=O) groups is 3. The van der Waals surface area contributed by atoms with Crippen molar-refractivity contribution in [2.24, 2.45) is 0 Å². The fourth-order valence-corrected chi connectivity index (χ4v) is 1.85. The molecule has 0 radical (unpaired) electrons. The topological polar surface area (TPSA) is 87.3 Å². The zero-order valence-corrected chi connectivity index (χ0v) is 8.21. The lowest BCUT2D eigenvalue weighted by Crippen LogP contribution is -2.51. The number of piperidine rings is 1. The first-order chi connectivity index (χ1) is 7.15. The molecule has 0 saturated carbocycles. The Balaban J connectivity index is 1.84. The Morgan fingerprint density at radius 1 is 1.20 bits per heavy atom. The maximum atomic E-state index is 11.2. The summed E-state index contributed by atoms with van der Waals surface area (Å²) in [6.07, 6.45) is 1.38. The molecule has 0 bridgehead atoms. The predicted molar refractivity (Wildman–Crippen MR) is 50.7 cm³/mol. The van der Waals surface area contributed by atoms with Crippen LogP contribution in [-0.4, -0.2) is 36.3 Å². The second-order valence-electron chi connectivity index (χ2n) is 3.88. The van der Waals surface area contributed by atoms with Gasteiger partial charge in [-0.15, -0.1) is 0 Å². The third kappa shape index (κ3) is 2.33. The van der Waals surface area contributed by atoms with Crippen LogP contribution >= 0.6 is 0 Å². The number of hydrogen-bond donors (Lipinski definition) is 3. The monoisotopic (exact) mass is 211 g/mol. The van der Waals surface area contributed by atoms with Crippen LogP contribution in [0.3, 0.4) is 0 Å². The van der Waals surface area contributed by atoms with Gasteiger partial charge < -0.3 is 10.6 Å². The lowest BCUT2D eigenvalue weighted by Gasteiger charge is -2.25. The minimum atomic E-state index is -0.433. The fourth-order valence-electron chi connectivity index (χ4n) is 1.85. The highest BCUT2D eigenvalue weighted by molar-refractivity contribution is 6.05. The van der Waals surface area contributed by atoms with E-state index in [1.807, 2.05) is 0 Å². The molecule has 0 aliphatic carbocycles. The van der Waals surface area contributed by atoms with Gasteiger partial charge in [-0.2, -0.15) is 0 Å². The highest BCUT2D eigenvalue weighted by atomic mass is 16.2. The molecule has 2 saturated heterocycles. The predicted octanol–water partition coefficient (Wildman–Crippen LogP) is -1.73. The Morgan fingerprint density at radius 3 is 2.53 bits per heavy atom. The molecule has 2 aliphatic rings. The molecule has 82 valence electrons. The van der Waals surface area contributed by atoms with Crippen LogP contribution in [0.2, 0.25) is 0 Å². The summed E-state index contributed by atoms with van der Waals surface area (Å²) in [5.41, 5.74) is 0. The summed E-state index contributed by atoms with van der Waals surface area (Å²) in [7, 11) is 0. The van der Waals surface area contributed by atoms with Crippen molar-refractivity contribution in [1.29, 1.82) is 0 Å². The molecule has 15 heavy (non-hydrogen) atoms. The van der Waals surface area contributed by atoms with E-state index in [9.17, 15) is 14.4 Å². The van der Waals surface area contributed by atoms with E-state index in [0.717, 1.165) is 0 Å². The molecular formula is C9H13N3O3. The van der Waals surface area contributed by atoms with Gasteiger partial charge in [-0.25, -0.2) is 0 Å². The average Bonchev–Trinajstić information content (AvgIpc) is 2.49. The number of rotatable bonds is 2. The van der Waals surface area contributed by atoms with Gasteiger partial charge in [0, 0.05) is 19.0 Å². The number of carbonyl (C=O) groups excluding carboxylic acids is 3. The molecule has 2 rings (SSSR count). The van der Waals surface area contributed by atoms with E-state index in [-0.39, 0.29) is 30.2 Å². The maximum absolute atomic E-state index is 11.2. The van der Waals surface area contributed by atoms with Crippen LogP contribution in [0.4, 0.5) is 0 Å². The van der Waals surface area contributed by atoms with E-state index in [4.69, 9.17) is 0 Å². The van der Waals surface area contributed by atoms with Crippen molar-refractivity contribution in [2.45, 2.75) is 31.3 Å². The fraction of sp³-hybridized carbons (Fsp3) is 0.667. The minimum Gasteiger partial charge on any atom is -0.355 e. The first-order valence-corrected chi connectivity index (χ1v) is 5.01. The Labute approximate surface area is 86.8 Å². The minimum absolute atomic E-state index is 0.0417. The van der Waals surface area contributed by atoms with Crippen LogP contribution in [0.15, 0.2) is 0 Å². The van der Waals surface area contributed by atoms with E-state index in [0.29, 0.717) is 19.4 Å². The van der Waals surface area contributed by atoms with Crippen molar-refractivity contribution in [3.8, 4) is 0 Å². The molecule has 3 N–H and O–H groups in total. The highest BCUT2D eigenvalue weighted by Gasteiger charge is 2.32. The number of amides is 3. The average molecular weight is 211 g/mol. The van der Waals surface area contributed by atoms with Crippen molar-refractivity contribution in [3.63, 3.8) is 0 Å². The van der Waals surface area contributed by atoms with Gasteiger partial charge in [0.05, 0.1) is 12.5 Å². The Bertz CT molecular complexity index is 306.